The molecule has 1 aromatic carbocycles. The van der Waals surface area contributed by atoms with Crippen LogP contribution in [0.15, 0.2) is 18.2 Å². The van der Waals surface area contributed by atoms with Gasteiger partial charge in [-0.2, -0.15) is 0 Å². The summed E-state index contributed by atoms with van der Waals surface area (Å²) in [5.41, 5.74) is 1.28. The molecule has 0 spiro atoms. The summed E-state index contributed by atoms with van der Waals surface area (Å²) in [6.45, 7) is 1.87. The van der Waals surface area contributed by atoms with E-state index in [0.29, 0.717) is 5.92 Å². The molecule has 1 N–H and O–H groups in total. The number of rotatable bonds is 4. The summed E-state index contributed by atoms with van der Waals surface area (Å²) in [6.07, 6.45) is 7.97. The predicted octanol–water partition coefficient (Wildman–Crippen LogP) is 3.17. The summed E-state index contributed by atoms with van der Waals surface area (Å²) < 4.78 is 11.3. The predicted molar refractivity (Wildman–Crippen MR) is 80.6 cm³/mol. The molecule has 1 aliphatic heterocycles. The van der Waals surface area contributed by atoms with E-state index in [9.17, 15) is 0 Å². The molecular weight excluding hydrogens is 250 g/mol. The van der Waals surface area contributed by atoms with Crippen LogP contribution in [0, 0.1) is 5.92 Å². The Morgan fingerprint density at radius 3 is 2.90 bits per heavy atom. The molecule has 0 radical (unpaired) electrons. The third-order valence-electron chi connectivity index (χ3n) is 4.55. The number of fused-ring (bicyclic) bond motifs is 1. The van der Waals surface area contributed by atoms with Crippen LogP contribution in [0.4, 0.5) is 0 Å². The van der Waals surface area contributed by atoms with Gasteiger partial charge in [0.1, 0.15) is 0 Å². The summed E-state index contributed by atoms with van der Waals surface area (Å²) >= 11 is 0. The first-order valence-electron chi connectivity index (χ1n) is 7.89. The van der Waals surface area contributed by atoms with Gasteiger partial charge in [0.25, 0.3) is 0 Å². The molecule has 1 fully saturated rings. The van der Waals surface area contributed by atoms with Crippen molar-refractivity contribution in [3.8, 4) is 11.5 Å². The van der Waals surface area contributed by atoms with E-state index < -0.39 is 0 Å². The minimum atomic E-state index is 0.580. The number of ether oxygens (including phenoxy) is 2. The largest absolute Gasteiger partial charge is 0.493 e. The van der Waals surface area contributed by atoms with Crippen molar-refractivity contribution in [3.05, 3.63) is 23.8 Å². The van der Waals surface area contributed by atoms with Gasteiger partial charge in [-0.1, -0.05) is 31.4 Å². The number of benzene rings is 1. The molecule has 0 unspecified atom stereocenters. The van der Waals surface area contributed by atoms with Crippen LogP contribution in [-0.4, -0.2) is 26.3 Å². The Labute approximate surface area is 121 Å². The Morgan fingerprint density at radius 2 is 2.10 bits per heavy atom. The number of hydrogen-bond donors (Lipinski definition) is 1. The van der Waals surface area contributed by atoms with Crippen LogP contribution in [0.25, 0.3) is 0 Å². The van der Waals surface area contributed by atoms with E-state index in [-0.39, 0.29) is 0 Å². The van der Waals surface area contributed by atoms with Gasteiger partial charge in [-0.25, -0.2) is 0 Å². The summed E-state index contributed by atoms with van der Waals surface area (Å²) in [5, 5.41) is 3.74. The number of methoxy groups -OCH3 is 1. The summed E-state index contributed by atoms with van der Waals surface area (Å²) in [4.78, 5) is 0. The lowest BCUT2D eigenvalue weighted by molar-refractivity contribution is 0.201. The maximum absolute atomic E-state index is 5.93. The minimum Gasteiger partial charge on any atom is -0.493 e. The second-order valence-electron chi connectivity index (χ2n) is 6.07. The lowest BCUT2D eigenvalue weighted by Crippen LogP contribution is -2.38. The zero-order valence-electron chi connectivity index (χ0n) is 12.4. The highest BCUT2D eigenvalue weighted by molar-refractivity contribution is 5.47. The van der Waals surface area contributed by atoms with Gasteiger partial charge < -0.3 is 14.8 Å². The summed E-state index contributed by atoms with van der Waals surface area (Å²) in [5.74, 6) is 2.39. The molecule has 0 aromatic heterocycles. The van der Waals surface area contributed by atoms with Crippen molar-refractivity contribution < 1.29 is 9.47 Å². The van der Waals surface area contributed by atoms with Crippen LogP contribution in [0.1, 0.15) is 37.7 Å². The van der Waals surface area contributed by atoms with Crippen LogP contribution in [0.3, 0.4) is 0 Å². The average molecular weight is 275 g/mol. The maximum Gasteiger partial charge on any atom is 0.164 e. The van der Waals surface area contributed by atoms with Gasteiger partial charge in [-0.05, 0) is 30.9 Å². The van der Waals surface area contributed by atoms with Gasteiger partial charge in [-0.3, -0.25) is 0 Å². The van der Waals surface area contributed by atoms with E-state index in [2.05, 4.69) is 17.4 Å². The van der Waals surface area contributed by atoms with Crippen molar-refractivity contribution in [2.75, 3.05) is 20.3 Å². The van der Waals surface area contributed by atoms with Crippen molar-refractivity contribution in [1.82, 2.24) is 5.32 Å². The number of nitrogens with one attached hydrogen (secondary N) is 1. The SMILES string of the molecule is COc1cccc2c1OC[C@H](CNC1CCCCC1)C2. The van der Waals surface area contributed by atoms with Crippen LogP contribution in [0.2, 0.25) is 0 Å². The Hall–Kier alpha value is -1.22. The van der Waals surface area contributed by atoms with Gasteiger partial charge in [0.2, 0.25) is 0 Å². The Bertz CT molecular complexity index is 441. The molecule has 1 saturated carbocycles. The topological polar surface area (TPSA) is 30.5 Å². The number of hydrogen-bond acceptors (Lipinski definition) is 3. The van der Waals surface area contributed by atoms with E-state index in [1.807, 2.05) is 6.07 Å². The second-order valence-corrected chi connectivity index (χ2v) is 6.07. The van der Waals surface area contributed by atoms with Crippen molar-refractivity contribution in [3.63, 3.8) is 0 Å². The Balaban J connectivity index is 1.55. The molecule has 1 aromatic rings. The molecule has 3 nitrogen and oxygen atoms in total. The summed E-state index contributed by atoms with van der Waals surface area (Å²) in [7, 11) is 1.70. The lowest BCUT2D eigenvalue weighted by atomic mass is 9.93. The first-order chi connectivity index (χ1) is 9.86. The maximum atomic E-state index is 5.93. The minimum absolute atomic E-state index is 0.580. The number of para-hydroxylation sites is 1. The molecule has 0 bridgehead atoms. The van der Waals surface area contributed by atoms with E-state index in [1.54, 1.807) is 7.11 Å². The van der Waals surface area contributed by atoms with E-state index in [1.165, 1.54) is 37.7 Å². The van der Waals surface area contributed by atoms with Gasteiger partial charge in [0, 0.05) is 18.5 Å². The van der Waals surface area contributed by atoms with Crippen molar-refractivity contribution in [2.24, 2.45) is 5.92 Å². The van der Waals surface area contributed by atoms with Crippen LogP contribution >= 0.6 is 0 Å². The molecule has 3 heteroatoms. The average Bonchev–Trinajstić information content (AvgIpc) is 2.53. The fourth-order valence-corrected chi connectivity index (χ4v) is 3.39. The van der Waals surface area contributed by atoms with Gasteiger partial charge in [0.05, 0.1) is 13.7 Å². The van der Waals surface area contributed by atoms with Gasteiger partial charge in [0.15, 0.2) is 11.5 Å². The molecular formula is C17H25NO2. The van der Waals surface area contributed by atoms with E-state index in [4.69, 9.17) is 9.47 Å². The molecule has 3 rings (SSSR count). The van der Waals surface area contributed by atoms with Crippen LogP contribution < -0.4 is 14.8 Å². The Kier molecular flexibility index (Phi) is 4.46. The molecule has 1 aliphatic carbocycles. The zero-order valence-corrected chi connectivity index (χ0v) is 12.4. The molecule has 0 saturated heterocycles. The fourth-order valence-electron chi connectivity index (χ4n) is 3.39. The highest BCUT2D eigenvalue weighted by Gasteiger charge is 2.23. The smallest absolute Gasteiger partial charge is 0.164 e. The Morgan fingerprint density at radius 1 is 1.25 bits per heavy atom. The quantitative estimate of drug-likeness (QED) is 0.915. The van der Waals surface area contributed by atoms with Gasteiger partial charge >= 0.3 is 0 Å². The van der Waals surface area contributed by atoms with Crippen LogP contribution in [0.5, 0.6) is 11.5 Å². The van der Waals surface area contributed by atoms with Crippen molar-refractivity contribution in [2.45, 2.75) is 44.6 Å². The first-order valence-corrected chi connectivity index (χ1v) is 7.89. The third-order valence-corrected chi connectivity index (χ3v) is 4.55. The lowest BCUT2D eigenvalue weighted by Gasteiger charge is -2.29. The zero-order chi connectivity index (χ0) is 13.8. The normalized spacial score (nSPS) is 22.9. The van der Waals surface area contributed by atoms with E-state index in [0.717, 1.165) is 37.1 Å². The summed E-state index contributed by atoms with van der Waals surface area (Å²) in [6, 6.07) is 6.91. The van der Waals surface area contributed by atoms with Crippen LogP contribution in [-0.2, 0) is 6.42 Å². The highest BCUT2D eigenvalue weighted by atomic mass is 16.5. The first kappa shape index (κ1) is 13.7. The highest BCUT2D eigenvalue weighted by Crippen LogP contribution is 2.35. The van der Waals surface area contributed by atoms with Crippen molar-refractivity contribution >= 4 is 0 Å². The van der Waals surface area contributed by atoms with Crippen molar-refractivity contribution in [1.29, 1.82) is 0 Å². The second kappa shape index (κ2) is 6.49. The third kappa shape index (κ3) is 3.09. The fraction of sp³-hybridized carbons (Fsp3) is 0.647. The molecule has 2 aliphatic rings. The standard InChI is InChI=1S/C17H25NO2/c1-19-16-9-5-6-14-10-13(12-20-17(14)16)11-18-15-7-3-2-4-8-15/h5-6,9,13,15,18H,2-4,7-8,10-12H2,1H3/t13-/m0/s1. The van der Waals surface area contributed by atoms with Gasteiger partial charge in [-0.15, -0.1) is 0 Å². The molecule has 110 valence electrons. The molecule has 0 amide bonds. The molecule has 1 atom stereocenters. The monoisotopic (exact) mass is 275 g/mol. The molecule has 20 heavy (non-hydrogen) atoms. The van der Waals surface area contributed by atoms with E-state index >= 15 is 0 Å². The molecule has 1 heterocycles.